The molecule has 0 spiro atoms. The van der Waals surface area contributed by atoms with Gasteiger partial charge in [0, 0.05) is 18.2 Å². The van der Waals surface area contributed by atoms with Crippen LogP contribution in [0.2, 0.25) is 0 Å². The average Bonchev–Trinajstić information content (AvgIpc) is 2.42. The van der Waals surface area contributed by atoms with Crippen LogP contribution in [0.3, 0.4) is 0 Å². The molecule has 1 aromatic rings. The zero-order chi connectivity index (χ0) is 14.5. The molecule has 0 atom stereocenters. The van der Waals surface area contributed by atoms with Crippen LogP contribution in [0.15, 0.2) is 18.2 Å². The molecule has 0 saturated heterocycles. The van der Waals surface area contributed by atoms with Gasteiger partial charge in [-0.3, -0.25) is 4.79 Å². The lowest BCUT2D eigenvalue weighted by molar-refractivity contribution is -0.143. The molecule has 0 bridgehead atoms. The van der Waals surface area contributed by atoms with Crippen molar-refractivity contribution in [3.63, 3.8) is 0 Å². The highest BCUT2D eigenvalue weighted by molar-refractivity contribution is 5.69. The third-order valence-electron chi connectivity index (χ3n) is 3.96. The van der Waals surface area contributed by atoms with Crippen LogP contribution in [0, 0.1) is 23.5 Å². The van der Waals surface area contributed by atoms with Gasteiger partial charge in [-0.15, -0.1) is 0 Å². The lowest BCUT2D eigenvalue weighted by Gasteiger charge is -2.26. The second-order valence-electron chi connectivity index (χ2n) is 5.42. The van der Waals surface area contributed by atoms with Crippen LogP contribution in [0.5, 0.6) is 0 Å². The van der Waals surface area contributed by atoms with E-state index in [-0.39, 0.29) is 5.92 Å². The summed E-state index contributed by atoms with van der Waals surface area (Å²) in [5, 5.41) is 12.1. The van der Waals surface area contributed by atoms with Crippen LogP contribution in [0.1, 0.15) is 31.2 Å². The number of carboxylic acid groups (broad SMARTS) is 1. The second-order valence-corrected chi connectivity index (χ2v) is 5.42. The Morgan fingerprint density at radius 3 is 2.55 bits per heavy atom. The largest absolute Gasteiger partial charge is 0.481 e. The highest BCUT2D eigenvalue weighted by atomic mass is 19.1. The Morgan fingerprint density at radius 1 is 1.25 bits per heavy atom. The number of carboxylic acids is 1. The third-order valence-corrected chi connectivity index (χ3v) is 3.96. The fraction of sp³-hybridized carbons (Fsp3) is 0.533. The number of benzene rings is 1. The van der Waals surface area contributed by atoms with E-state index >= 15 is 0 Å². The fourth-order valence-corrected chi connectivity index (χ4v) is 2.69. The van der Waals surface area contributed by atoms with Crippen LogP contribution in [-0.4, -0.2) is 17.6 Å². The molecule has 0 unspecified atom stereocenters. The molecule has 1 saturated carbocycles. The molecular formula is C15H19F2NO2. The Morgan fingerprint density at radius 2 is 1.95 bits per heavy atom. The SMILES string of the molecule is O=C(O)C1CCC(CNCc2ccc(F)cc2F)CC1. The highest BCUT2D eigenvalue weighted by Gasteiger charge is 2.25. The van der Waals surface area contributed by atoms with E-state index in [1.807, 2.05) is 0 Å². The molecule has 1 aliphatic carbocycles. The van der Waals surface area contributed by atoms with Crippen molar-refractivity contribution < 1.29 is 18.7 Å². The van der Waals surface area contributed by atoms with Gasteiger partial charge in [-0.25, -0.2) is 8.78 Å². The van der Waals surface area contributed by atoms with E-state index in [0.29, 0.717) is 30.9 Å². The molecule has 2 N–H and O–H groups in total. The number of aliphatic carboxylic acids is 1. The van der Waals surface area contributed by atoms with Gasteiger partial charge in [-0.05, 0) is 44.2 Å². The number of hydrogen-bond donors (Lipinski definition) is 2. The predicted octanol–water partition coefficient (Wildman–Crippen LogP) is 2.95. The van der Waals surface area contributed by atoms with Crippen LogP contribution in [0.25, 0.3) is 0 Å². The molecule has 1 aliphatic rings. The fourth-order valence-electron chi connectivity index (χ4n) is 2.69. The highest BCUT2D eigenvalue weighted by Crippen LogP contribution is 2.28. The Labute approximate surface area is 117 Å². The van der Waals surface area contributed by atoms with Crippen molar-refractivity contribution in [1.29, 1.82) is 0 Å². The predicted molar refractivity (Wildman–Crippen MR) is 71.1 cm³/mol. The van der Waals surface area contributed by atoms with Gasteiger partial charge in [0.1, 0.15) is 11.6 Å². The molecule has 0 amide bonds. The topological polar surface area (TPSA) is 49.3 Å². The van der Waals surface area contributed by atoms with E-state index in [9.17, 15) is 13.6 Å². The third kappa shape index (κ3) is 4.00. The Hall–Kier alpha value is -1.49. The van der Waals surface area contributed by atoms with Crippen molar-refractivity contribution >= 4 is 5.97 Å². The zero-order valence-electron chi connectivity index (χ0n) is 11.2. The molecule has 20 heavy (non-hydrogen) atoms. The van der Waals surface area contributed by atoms with Crippen LogP contribution >= 0.6 is 0 Å². The maximum absolute atomic E-state index is 13.4. The van der Waals surface area contributed by atoms with Crippen LogP contribution < -0.4 is 5.32 Å². The van der Waals surface area contributed by atoms with Crippen LogP contribution in [-0.2, 0) is 11.3 Å². The van der Waals surface area contributed by atoms with Crippen LogP contribution in [0.4, 0.5) is 8.78 Å². The second kappa shape index (κ2) is 6.79. The number of carbonyl (C=O) groups is 1. The molecular weight excluding hydrogens is 264 g/mol. The summed E-state index contributed by atoms with van der Waals surface area (Å²) in [5.41, 5.74) is 0.450. The molecule has 2 rings (SSSR count). The van der Waals surface area contributed by atoms with E-state index in [2.05, 4.69) is 5.32 Å². The first-order chi connectivity index (χ1) is 9.56. The van der Waals surface area contributed by atoms with Gasteiger partial charge in [0.25, 0.3) is 0 Å². The summed E-state index contributed by atoms with van der Waals surface area (Å²) in [6.07, 6.45) is 3.20. The van der Waals surface area contributed by atoms with Gasteiger partial charge in [-0.1, -0.05) is 6.07 Å². The number of halogens is 2. The lowest BCUT2D eigenvalue weighted by atomic mass is 9.82. The number of hydrogen-bond acceptors (Lipinski definition) is 2. The summed E-state index contributed by atoms with van der Waals surface area (Å²) in [5.74, 6) is -1.58. The minimum absolute atomic E-state index is 0.208. The molecule has 0 heterocycles. The van der Waals surface area contributed by atoms with Crippen molar-refractivity contribution in [1.82, 2.24) is 5.32 Å². The summed E-state index contributed by atoms with van der Waals surface area (Å²) < 4.78 is 26.2. The van der Waals surface area contributed by atoms with E-state index in [4.69, 9.17) is 5.11 Å². The summed E-state index contributed by atoms with van der Waals surface area (Å²) >= 11 is 0. The smallest absolute Gasteiger partial charge is 0.306 e. The van der Waals surface area contributed by atoms with Crippen molar-refractivity contribution in [3.8, 4) is 0 Å². The van der Waals surface area contributed by atoms with Gasteiger partial charge in [-0.2, -0.15) is 0 Å². The summed E-state index contributed by atoms with van der Waals surface area (Å²) in [7, 11) is 0. The normalized spacial score (nSPS) is 22.7. The van der Waals surface area contributed by atoms with Gasteiger partial charge in [0.15, 0.2) is 0 Å². The van der Waals surface area contributed by atoms with Gasteiger partial charge < -0.3 is 10.4 Å². The first kappa shape index (κ1) is 14.9. The molecule has 1 aromatic carbocycles. The van der Waals surface area contributed by atoms with Crippen molar-refractivity contribution in [2.24, 2.45) is 11.8 Å². The standard InChI is InChI=1S/C15H19F2NO2/c16-13-6-5-12(14(17)7-13)9-18-8-10-1-3-11(4-2-10)15(19)20/h5-7,10-11,18H,1-4,8-9H2,(H,19,20). The first-order valence-corrected chi connectivity index (χ1v) is 6.93. The summed E-state index contributed by atoms with van der Waals surface area (Å²) in [6.45, 7) is 1.11. The van der Waals surface area contributed by atoms with E-state index < -0.39 is 17.6 Å². The zero-order valence-corrected chi connectivity index (χ0v) is 11.2. The molecule has 1 fully saturated rings. The molecule has 0 aromatic heterocycles. The molecule has 5 heteroatoms. The molecule has 0 radical (unpaired) electrons. The molecule has 3 nitrogen and oxygen atoms in total. The van der Waals surface area contributed by atoms with Crippen molar-refractivity contribution in [2.75, 3.05) is 6.54 Å². The van der Waals surface area contributed by atoms with E-state index in [1.165, 1.54) is 12.1 Å². The number of nitrogens with one attached hydrogen (secondary N) is 1. The number of rotatable bonds is 5. The Kier molecular flexibility index (Phi) is 5.06. The summed E-state index contributed by atoms with van der Waals surface area (Å²) in [6, 6.07) is 3.58. The maximum Gasteiger partial charge on any atom is 0.306 e. The Bertz CT molecular complexity index is 471. The van der Waals surface area contributed by atoms with Gasteiger partial charge in [0.05, 0.1) is 5.92 Å². The molecule has 0 aliphatic heterocycles. The first-order valence-electron chi connectivity index (χ1n) is 6.93. The monoisotopic (exact) mass is 283 g/mol. The quantitative estimate of drug-likeness (QED) is 0.873. The molecule has 110 valence electrons. The van der Waals surface area contributed by atoms with Gasteiger partial charge in [0.2, 0.25) is 0 Å². The van der Waals surface area contributed by atoms with Crippen molar-refractivity contribution in [2.45, 2.75) is 32.2 Å². The Balaban J connectivity index is 1.73. The summed E-state index contributed by atoms with van der Waals surface area (Å²) in [4.78, 5) is 10.8. The van der Waals surface area contributed by atoms with Crippen molar-refractivity contribution in [3.05, 3.63) is 35.4 Å². The average molecular weight is 283 g/mol. The van der Waals surface area contributed by atoms with Gasteiger partial charge >= 0.3 is 5.97 Å². The minimum Gasteiger partial charge on any atom is -0.481 e. The van der Waals surface area contributed by atoms with E-state index in [1.54, 1.807) is 0 Å². The lowest BCUT2D eigenvalue weighted by Crippen LogP contribution is -2.28. The van der Waals surface area contributed by atoms with E-state index in [0.717, 1.165) is 25.5 Å². The maximum atomic E-state index is 13.4. The minimum atomic E-state index is -0.704.